The molecule has 0 unspecified atom stereocenters. The average molecular weight is 226 g/mol. The molecule has 1 aromatic heterocycles. The highest BCUT2D eigenvalue weighted by Gasteiger charge is 2.17. The molecule has 3 rings (SSSR count). The summed E-state index contributed by atoms with van der Waals surface area (Å²) in [6.07, 6.45) is 0.268. The van der Waals surface area contributed by atoms with E-state index in [9.17, 15) is 4.79 Å². The van der Waals surface area contributed by atoms with Crippen molar-refractivity contribution in [3.05, 3.63) is 42.1 Å². The van der Waals surface area contributed by atoms with Crippen molar-refractivity contribution in [2.75, 3.05) is 5.43 Å². The van der Waals surface area contributed by atoms with E-state index in [1.807, 2.05) is 36.4 Å². The van der Waals surface area contributed by atoms with Crippen LogP contribution in [-0.4, -0.2) is 16.1 Å². The van der Waals surface area contributed by atoms with Crippen LogP contribution in [0.5, 0.6) is 0 Å². The Kier molecular flexibility index (Phi) is 2.22. The number of benzene rings is 1. The topological polar surface area (TPSA) is 66.9 Å². The number of hydrazine groups is 1. The van der Waals surface area contributed by atoms with Crippen molar-refractivity contribution < 1.29 is 4.79 Å². The first-order valence-corrected chi connectivity index (χ1v) is 5.30. The predicted octanol–water partition coefficient (Wildman–Crippen LogP) is 1.14. The second kappa shape index (κ2) is 3.86. The van der Waals surface area contributed by atoms with Gasteiger partial charge >= 0.3 is 0 Å². The van der Waals surface area contributed by atoms with E-state index in [0.717, 1.165) is 16.9 Å². The molecule has 2 aromatic rings. The van der Waals surface area contributed by atoms with Crippen LogP contribution in [0.3, 0.4) is 0 Å². The van der Waals surface area contributed by atoms with Crippen LogP contribution in [0.25, 0.3) is 11.3 Å². The molecule has 1 aromatic carbocycles. The number of aromatic nitrogens is 2. The number of carbonyl (C=O) groups is 1. The lowest BCUT2D eigenvalue weighted by atomic mass is 10.1. The highest BCUT2D eigenvalue weighted by molar-refractivity contribution is 5.84. The first-order chi connectivity index (χ1) is 8.33. The van der Waals surface area contributed by atoms with Gasteiger partial charge in [-0.25, -0.2) is 0 Å². The number of nitrogens with one attached hydrogen (secondary N) is 2. The quantitative estimate of drug-likeness (QED) is 0.765. The summed E-state index contributed by atoms with van der Waals surface area (Å²) in [5.41, 5.74) is 8.65. The molecule has 0 atom stereocenters. The number of carbonyl (C=O) groups excluding carboxylic acids is 1. The maximum absolute atomic E-state index is 11.1. The minimum atomic E-state index is -0.0979. The van der Waals surface area contributed by atoms with Crippen LogP contribution in [0.4, 0.5) is 5.69 Å². The maximum atomic E-state index is 11.1. The molecule has 17 heavy (non-hydrogen) atoms. The van der Waals surface area contributed by atoms with Crippen LogP contribution in [0.15, 0.2) is 36.4 Å². The molecule has 0 fully saturated rings. The zero-order valence-electron chi connectivity index (χ0n) is 8.97. The van der Waals surface area contributed by atoms with Crippen molar-refractivity contribution in [1.29, 1.82) is 0 Å². The predicted molar refractivity (Wildman–Crippen MR) is 62.9 cm³/mol. The summed E-state index contributed by atoms with van der Waals surface area (Å²) in [6, 6.07) is 11.7. The molecular weight excluding hydrogens is 216 g/mol. The van der Waals surface area contributed by atoms with E-state index in [1.54, 1.807) is 0 Å². The van der Waals surface area contributed by atoms with Crippen LogP contribution in [-0.2, 0) is 11.2 Å². The molecule has 5 nitrogen and oxygen atoms in total. The molecule has 2 heterocycles. The van der Waals surface area contributed by atoms with Crippen molar-refractivity contribution in [2.45, 2.75) is 6.42 Å². The summed E-state index contributed by atoms with van der Waals surface area (Å²) in [4.78, 5) is 11.1. The lowest BCUT2D eigenvalue weighted by Gasteiger charge is -2.17. The number of hydrogen-bond acceptors (Lipinski definition) is 4. The third kappa shape index (κ3) is 1.82. The monoisotopic (exact) mass is 226 g/mol. The summed E-state index contributed by atoms with van der Waals surface area (Å²) in [6.45, 7) is 0. The Morgan fingerprint density at radius 1 is 1.06 bits per heavy atom. The Morgan fingerprint density at radius 2 is 1.88 bits per heavy atom. The number of hydrogen-bond donors (Lipinski definition) is 2. The van der Waals surface area contributed by atoms with E-state index in [0.29, 0.717) is 5.69 Å². The van der Waals surface area contributed by atoms with Crippen LogP contribution in [0.1, 0.15) is 5.69 Å². The minimum Gasteiger partial charge on any atom is -0.297 e. The van der Waals surface area contributed by atoms with Gasteiger partial charge < -0.3 is 0 Å². The molecule has 0 bridgehead atoms. The molecule has 0 saturated heterocycles. The fourth-order valence-electron chi connectivity index (χ4n) is 1.74. The van der Waals surface area contributed by atoms with Gasteiger partial charge in [-0.2, -0.15) is 10.2 Å². The molecule has 0 aliphatic carbocycles. The van der Waals surface area contributed by atoms with Gasteiger partial charge in [0.05, 0.1) is 23.5 Å². The Balaban J connectivity index is 2.02. The number of rotatable bonds is 1. The highest BCUT2D eigenvalue weighted by Crippen LogP contribution is 2.22. The third-order valence-electron chi connectivity index (χ3n) is 2.60. The molecule has 0 spiro atoms. The van der Waals surface area contributed by atoms with Gasteiger partial charge in [0.15, 0.2) is 0 Å². The summed E-state index contributed by atoms with van der Waals surface area (Å²) in [7, 11) is 0. The fraction of sp³-hybridized carbons (Fsp3) is 0.0833. The van der Waals surface area contributed by atoms with E-state index in [2.05, 4.69) is 21.0 Å². The highest BCUT2D eigenvalue weighted by atomic mass is 16.2. The largest absolute Gasteiger partial charge is 0.297 e. The zero-order valence-corrected chi connectivity index (χ0v) is 8.97. The number of anilines is 1. The first kappa shape index (κ1) is 9.77. The van der Waals surface area contributed by atoms with Crippen molar-refractivity contribution in [2.24, 2.45) is 0 Å². The van der Waals surface area contributed by atoms with E-state index in [4.69, 9.17) is 0 Å². The zero-order chi connectivity index (χ0) is 11.7. The Bertz CT molecular complexity index is 568. The van der Waals surface area contributed by atoms with Gasteiger partial charge in [0, 0.05) is 5.56 Å². The summed E-state index contributed by atoms with van der Waals surface area (Å²) in [5.74, 6) is -0.0979. The normalized spacial score (nSPS) is 13.5. The van der Waals surface area contributed by atoms with Crippen LogP contribution >= 0.6 is 0 Å². The van der Waals surface area contributed by atoms with Gasteiger partial charge in [0.25, 0.3) is 0 Å². The molecule has 2 N–H and O–H groups in total. The lowest BCUT2D eigenvalue weighted by molar-refractivity contribution is -0.120. The molecule has 0 radical (unpaired) electrons. The van der Waals surface area contributed by atoms with Crippen molar-refractivity contribution in [3.8, 4) is 11.3 Å². The van der Waals surface area contributed by atoms with Gasteiger partial charge in [-0.3, -0.25) is 15.6 Å². The Hall–Kier alpha value is -2.43. The minimum absolute atomic E-state index is 0.0979. The fourth-order valence-corrected chi connectivity index (χ4v) is 1.74. The SMILES string of the molecule is O=C1Cc2nnc(-c3ccccc3)cc2NN1. The lowest BCUT2D eigenvalue weighted by Crippen LogP contribution is -2.36. The molecule has 1 aliphatic rings. The third-order valence-corrected chi connectivity index (χ3v) is 2.60. The van der Waals surface area contributed by atoms with Gasteiger partial charge in [-0.05, 0) is 6.07 Å². The second-order valence-corrected chi connectivity index (χ2v) is 3.81. The second-order valence-electron chi connectivity index (χ2n) is 3.81. The first-order valence-electron chi connectivity index (χ1n) is 5.30. The number of fused-ring (bicyclic) bond motifs is 1. The van der Waals surface area contributed by atoms with Crippen molar-refractivity contribution in [1.82, 2.24) is 15.6 Å². The maximum Gasteiger partial charge on any atom is 0.244 e. The number of nitrogens with zero attached hydrogens (tertiary/aromatic N) is 2. The molecule has 84 valence electrons. The summed E-state index contributed by atoms with van der Waals surface area (Å²) >= 11 is 0. The van der Waals surface area contributed by atoms with E-state index in [-0.39, 0.29) is 12.3 Å². The van der Waals surface area contributed by atoms with Gasteiger partial charge in [-0.1, -0.05) is 30.3 Å². The smallest absolute Gasteiger partial charge is 0.244 e. The average Bonchev–Trinajstić information content (AvgIpc) is 2.39. The summed E-state index contributed by atoms with van der Waals surface area (Å²) < 4.78 is 0. The standard InChI is InChI=1S/C12H10N4O/c17-12-7-11-10(15-16-12)6-9(13-14-11)8-4-2-1-3-5-8/h1-6,15H,7H2,(H,16,17). The van der Waals surface area contributed by atoms with E-state index >= 15 is 0 Å². The molecule has 1 amide bonds. The van der Waals surface area contributed by atoms with Crippen LogP contribution in [0, 0.1) is 0 Å². The van der Waals surface area contributed by atoms with Crippen molar-refractivity contribution in [3.63, 3.8) is 0 Å². The van der Waals surface area contributed by atoms with Crippen LogP contribution < -0.4 is 10.9 Å². The number of amides is 1. The molecular formula is C12H10N4O. The van der Waals surface area contributed by atoms with Gasteiger partial charge in [0.1, 0.15) is 0 Å². The molecule has 5 heteroatoms. The Morgan fingerprint density at radius 3 is 2.71 bits per heavy atom. The van der Waals surface area contributed by atoms with Crippen LogP contribution in [0.2, 0.25) is 0 Å². The van der Waals surface area contributed by atoms with Crippen molar-refractivity contribution >= 4 is 11.6 Å². The molecule has 1 aliphatic heterocycles. The van der Waals surface area contributed by atoms with E-state index < -0.39 is 0 Å². The van der Waals surface area contributed by atoms with Gasteiger partial charge in [-0.15, -0.1) is 0 Å². The van der Waals surface area contributed by atoms with Gasteiger partial charge in [0.2, 0.25) is 5.91 Å². The summed E-state index contributed by atoms with van der Waals surface area (Å²) in [5, 5.41) is 8.20. The molecule has 0 saturated carbocycles. The Labute approximate surface area is 97.9 Å². The van der Waals surface area contributed by atoms with E-state index in [1.165, 1.54) is 0 Å².